The molecule has 2 aromatic rings. The predicted octanol–water partition coefficient (Wildman–Crippen LogP) is 2.12. The lowest BCUT2D eigenvalue weighted by Gasteiger charge is -2.20. The number of amides is 1. The van der Waals surface area contributed by atoms with Crippen LogP contribution in [0.1, 0.15) is 28.0 Å². The summed E-state index contributed by atoms with van der Waals surface area (Å²) < 4.78 is 0. The minimum atomic E-state index is -0.0323. The Morgan fingerprint density at radius 1 is 1.40 bits per heavy atom. The fourth-order valence-electron chi connectivity index (χ4n) is 2.37. The van der Waals surface area contributed by atoms with E-state index in [-0.39, 0.29) is 18.3 Å². The molecule has 1 aromatic carbocycles. The smallest absolute Gasteiger partial charge is 0.251 e. The van der Waals surface area contributed by atoms with Crippen LogP contribution in [0.3, 0.4) is 0 Å². The van der Waals surface area contributed by atoms with Crippen molar-refractivity contribution in [1.82, 2.24) is 15.3 Å². The first-order valence-electron chi connectivity index (χ1n) is 6.46. The van der Waals surface area contributed by atoms with Crippen LogP contribution in [0.2, 0.25) is 0 Å². The molecule has 0 saturated carbocycles. The van der Waals surface area contributed by atoms with E-state index in [4.69, 9.17) is 0 Å². The molecule has 2 heterocycles. The van der Waals surface area contributed by atoms with Gasteiger partial charge in [0, 0.05) is 24.0 Å². The van der Waals surface area contributed by atoms with Crippen LogP contribution >= 0.6 is 12.4 Å². The number of rotatable bonds is 3. The van der Waals surface area contributed by atoms with Crippen molar-refractivity contribution >= 4 is 24.0 Å². The molecule has 0 spiro atoms. The maximum absolute atomic E-state index is 12.2. The molecule has 0 radical (unpaired) electrons. The fourth-order valence-corrected chi connectivity index (χ4v) is 2.37. The summed E-state index contributed by atoms with van der Waals surface area (Å²) >= 11 is 0. The van der Waals surface area contributed by atoms with Crippen molar-refractivity contribution in [3.63, 3.8) is 0 Å². The Hall–Kier alpha value is -2.01. The van der Waals surface area contributed by atoms with E-state index >= 15 is 0 Å². The number of nitrogens with one attached hydrogen (secondary N) is 3. The molecule has 1 aliphatic heterocycles. The molecule has 3 N–H and O–H groups in total. The van der Waals surface area contributed by atoms with Crippen molar-refractivity contribution in [3.8, 4) is 0 Å². The zero-order valence-electron chi connectivity index (χ0n) is 11.0. The van der Waals surface area contributed by atoms with Crippen molar-refractivity contribution < 1.29 is 4.79 Å². The van der Waals surface area contributed by atoms with Gasteiger partial charge >= 0.3 is 0 Å². The molecule has 3 rings (SSSR count). The molecule has 0 unspecified atom stereocenters. The lowest BCUT2D eigenvalue weighted by molar-refractivity contribution is 0.0949. The van der Waals surface area contributed by atoms with Gasteiger partial charge in [0.05, 0.1) is 18.6 Å². The Bertz CT molecular complexity index is 583. The lowest BCUT2D eigenvalue weighted by atomic mass is 9.97. The maximum Gasteiger partial charge on any atom is 0.251 e. The van der Waals surface area contributed by atoms with E-state index in [2.05, 4.69) is 20.6 Å². The van der Waals surface area contributed by atoms with Crippen molar-refractivity contribution in [2.75, 3.05) is 11.9 Å². The third-order valence-electron chi connectivity index (χ3n) is 3.33. The van der Waals surface area contributed by atoms with Crippen LogP contribution in [0.15, 0.2) is 30.7 Å². The van der Waals surface area contributed by atoms with E-state index in [1.807, 2.05) is 18.2 Å². The van der Waals surface area contributed by atoms with Crippen LogP contribution in [0.4, 0.5) is 5.69 Å². The summed E-state index contributed by atoms with van der Waals surface area (Å²) in [5, 5.41) is 6.24. The van der Waals surface area contributed by atoms with E-state index in [1.54, 1.807) is 12.5 Å². The highest BCUT2D eigenvalue weighted by Crippen LogP contribution is 2.25. The molecule has 20 heavy (non-hydrogen) atoms. The summed E-state index contributed by atoms with van der Waals surface area (Å²) in [6.07, 6.45) is 5.34. The number of carbonyl (C=O) groups excluding carboxylic acids is 1. The van der Waals surface area contributed by atoms with Crippen LogP contribution in [-0.2, 0) is 13.0 Å². The van der Waals surface area contributed by atoms with Gasteiger partial charge in [-0.05, 0) is 30.5 Å². The number of benzene rings is 1. The summed E-state index contributed by atoms with van der Waals surface area (Å²) in [6, 6.07) is 5.83. The summed E-state index contributed by atoms with van der Waals surface area (Å²) in [7, 11) is 0. The van der Waals surface area contributed by atoms with Gasteiger partial charge in [-0.15, -0.1) is 12.4 Å². The quantitative estimate of drug-likeness (QED) is 0.811. The topological polar surface area (TPSA) is 69.8 Å². The van der Waals surface area contributed by atoms with E-state index < -0.39 is 0 Å². The molecule has 0 bridgehead atoms. The first-order valence-corrected chi connectivity index (χ1v) is 6.46. The molecule has 0 aliphatic carbocycles. The van der Waals surface area contributed by atoms with Gasteiger partial charge in [-0.25, -0.2) is 4.98 Å². The number of H-pyrrole nitrogens is 1. The second-order valence-electron chi connectivity index (χ2n) is 4.62. The number of hydrogen-bond acceptors (Lipinski definition) is 3. The molecule has 5 nitrogen and oxygen atoms in total. The maximum atomic E-state index is 12.2. The van der Waals surface area contributed by atoms with Crippen LogP contribution in [0.5, 0.6) is 0 Å². The molecule has 106 valence electrons. The van der Waals surface area contributed by atoms with Gasteiger partial charge in [-0.2, -0.15) is 0 Å². The standard InChI is InChI=1S/C14H16N4O.ClH/c19-14(17-8-10-7-15-9-18-10)12-3-1-5-13-11(12)4-2-6-16-13;/h1,3,5,7,9,16H,2,4,6,8H2,(H,15,18)(H,17,19);1H. The second kappa shape index (κ2) is 6.43. The van der Waals surface area contributed by atoms with Crippen LogP contribution < -0.4 is 10.6 Å². The number of fused-ring (bicyclic) bond motifs is 1. The Morgan fingerprint density at radius 3 is 3.10 bits per heavy atom. The normalized spacial score (nSPS) is 12.8. The minimum absolute atomic E-state index is 0. The Kier molecular flexibility index (Phi) is 4.63. The predicted molar refractivity (Wildman–Crippen MR) is 80.3 cm³/mol. The molecule has 1 amide bonds. The van der Waals surface area contributed by atoms with Gasteiger partial charge in [0.15, 0.2) is 0 Å². The summed E-state index contributed by atoms with van der Waals surface area (Å²) in [5.74, 6) is -0.0323. The monoisotopic (exact) mass is 292 g/mol. The molecule has 1 aromatic heterocycles. The van der Waals surface area contributed by atoms with Gasteiger partial charge in [-0.3, -0.25) is 4.79 Å². The highest BCUT2D eigenvalue weighted by atomic mass is 35.5. The van der Waals surface area contributed by atoms with Gasteiger partial charge < -0.3 is 15.6 Å². The van der Waals surface area contributed by atoms with Crippen molar-refractivity contribution in [3.05, 3.63) is 47.5 Å². The summed E-state index contributed by atoms with van der Waals surface area (Å²) in [4.78, 5) is 19.1. The van der Waals surface area contributed by atoms with Gasteiger partial charge in [0.2, 0.25) is 0 Å². The Labute approximate surface area is 123 Å². The second-order valence-corrected chi connectivity index (χ2v) is 4.62. The number of halogens is 1. The largest absolute Gasteiger partial charge is 0.385 e. The van der Waals surface area contributed by atoms with E-state index in [0.717, 1.165) is 41.9 Å². The number of nitrogens with zero attached hydrogens (tertiary/aromatic N) is 1. The van der Waals surface area contributed by atoms with Gasteiger partial charge in [-0.1, -0.05) is 6.07 Å². The zero-order chi connectivity index (χ0) is 13.1. The molecule has 0 saturated heterocycles. The zero-order valence-corrected chi connectivity index (χ0v) is 11.8. The summed E-state index contributed by atoms with van der Waals surface area (Å²) in [5.41, 5.74) is 3.87. The number of imidazole rings is 1. The Balaban J connectivity index is 0.00000147. The van der Waals surface area contributed by atoms with E-state index in [1.165, 1.54) is 0 Å². The molecular weight excluding hydrogens is 276 g/mol. The third-order valence-corrected chi connectivity index (χ3v) is 3.33. The van der Waals surface area contributed by atoms with Gasteiger partial charge in [0.1, 0.15) is 0 Å². The fraction of sp³-hybridized carbons (Fsp3) is 0.286. The number of hydrogen-bond donors (Lipinski definition) is 3. The average Bonchev–Trinajstić information content (AvgIpc) is 2.97. The van der Waals surface area contributed by atoms with E-state index in [0.29, 0.717) is 6.54 Å². The molecule has 6 heteroatoms. The third kappa shape index (κ3) is 2.93. The van der Waals surface area contributed by atoms with Crippen molar-refractivity contribution in [1.29, 1.82) is 0 Å². The number of carbonyl (C=O) groups is 1. The van der Waals surface area contributed by atoms with Crippen molar-refractivity contribution in [2.24, 2.45) is 0 Å². The highest BCUT2D eigenvalue weighted by molar-refractivity contribution is 5.97. The Morgan fingerprint density at radius 2 is 2.30 bits per heavy atom. The lowest BCUT2D eigenvalue weighted by Crippen LogP contribution is -2.25. The molecule has 0 atom stereocenters. The first-order chi connectivity index (χ1) is 9.34. The van der Waals surface area contributed by atoms with Crippen molar-refractivity contribution in [2.45, 2.75) is 19.4 Å². The molecule has 0 fully saturated rings. The first kappa shape index (κ1) is 14.4. The van der Waals surface area contributed by atoms with Crippen LogP contribution in [0, 0.1) is 0 Å². The summed E-state index contributed by atoms with van der Waals surface area (Å²) in [6.45, 7) is 1.45. The molecule has 1 aliphatic rings. The highest BCUT2D eigenvalue weighted by Gasteiger charge is 2.16. The molecular formula is C14H17ClN4O. The van der Waals surface area contributed by atoms with Gasteiger partial charge in [0.25, 0.3) is 5.91 Å². The average molecular weight is 293 g/mol. The number of aromatic nitrogens is 2. The van der Waals surface area contributed by atoms with Crippen LogP contribution in [-0.4, -0.2) is 22.4 Å². The minimum Gasteiger partial charge on any atom is -0.385 e. The number of anilines is 1. The number of aromatic amines is 1. The SMILES string of the molecule is Cl.O=C(NCc1cnc[nH]1)c1cccc2c1CCCN2. The van der Waals surface area contributed by atoms with Crippen LogP contribution in [0.25, 0.3) is 0 Å². The van der Waals surface area contributed by atoms with E-state index in [9.17, 15) is 4.79 Å².